The quantitative estimate of drug-likeness (QED) is 0.850. The van der Waals surface area contributed by atoms with Gasteiger partial charge in [-0.1, -0.05) is 29.8 Å². The summed E-state index contributed by atoms with van der Waals surface area (Å²) in [6.07, 6.45) is 0. The average Bonchev–Trinajstić information content (AvgIpc) is 2.43. The Morgan fingerprint density at radius 1 is 1.29 bits per heavy atom. The zero-order chi connectivity index (χ0) is 15.4. The second-order valence-corrected chi connectivity index (χ2v) is 5.30. The first-order valence-corrected chi connectivity index (χ1v) is 6.98. The first-order valence-electron chi connectivity index (χ1n) is 6.60. The second-order valence-electron chi connectivity index (χ2n) is 4.91. The van der Waals surface area contributed by atoms with Crippen molar-refractivity contribution in [2.75, 3.05) is 6.54 Å². The van der Waals surface area contributed by atoms with Crippen LogP contribution in [0.15, 0.2) is 30.3 Å². The molecular formula is C15H16ClN3O2. The summed E-state index contributed by atoms with van der Waals surface area (Å²) in [5, 5.41) is 6.23. The number of rotatable bonds is 4. The van der Waals surface area contributed by atoms with Gasteiger partial charge in [0.2, 0.25) is 5.91 Å². The number of hydrogen-bond acceptors (Lipinski definition) is 3. The topological polar surface area (TPSA) is 71.1 Å². The number of benzene rings is 1. The Kier molecular flexibility index (Phi) is 4.75. The van der Waals surface area contributed by atoms with E-state index in [-0.39, 0.29) is 29.6 Å². The standard InChI is InChI=1S/C15H16ClN3O2/c1-9(2)18-14(20)8-17-15(21)11-7-13(16)19-12-6-4-3-5-10(11)12/h3-7,9H,8H2,1-2H3,(H,17,21)(H,18,20). The lowest BCUT2D eigenvalue weighted by atomic mass is 10.1. The van der Waals surface area contributed by atoms with Gasteiger partial charge in [-0.15, -0.1) is 0 Å². The molecule has 0 aliphatic carbocycles. The Labute approximate surface area is 127 Å². The predicted molar refractivity (Wildman–Crippen MR) is 82.4 cm³/mol. The predicted octanol–water partition coefficient (Wildman–Crippen LogP) is 2.14. The number of nitrogens with one attached hydrogen (secondary N) is 2. The van der Waals surface area contributed by atoms with Gasteiger partial charge < -0.3 is 10.6 Å². The molecule has 0 unspecified atom stereocenters. The lowest BCUT2D eigenvalue weighted by molar-refractivity contribution is -0.120. The molecule has 5 nitrogen and oxygen atoms in total. The Balaban J connectivity index is 2.18. The molecule has 0 atom stereocenters. The fourth-order valence-corrected chi connectivity index (χ4v) is 2.16. The second kappa shape index (κ2) is 6.54. The number of para-hydroxylation sites is 1. The van der Waals surface area contributed by atoms with Gasteiger partial charge in [-0.25, -0.2) is 4.98 Å². The van der Waals surface area contributed by atoms with Crippen molar-refractivity contribution in [2.24, 2.45) is 0 Å². The first kappa shape index (κ1) is 15.3. The molecule has 6 heteroatoms. The monoisotopic (exact) mass is 305 g/mol. The highest BCUT2D eigenvalue weighted by molar-refractivity contribution is 6.30. The highest BCUT2D eigenvalue weighted by Crippen LogP contribution is 2.20. The largest absolute Gasteiger partial charge is 0.352 e. The third-order valence-electron chi connectivity index (χ3n) is 2.79. The van der Waals surface area contributed by atoms with Crippen LogP contribution in [0.5, 0.6) is 0 Å². The van der Waals surface area contributed by atoms with Gasteiger partial charge in [-0.3, -0.25) is 9.59 Å². The molecule has 2 amide bonds. The molecular weight excluding hydrogens is 290 g/mol. The molecule has 2 rings (SSSR count). The van der Waals surface area contributed by atoms with Crippen LogP contribution in [0, 0.1) is 0 Å². The molecule has 0 fully saturated rings. The van der Waals surface area contributed by atoms with E-state index in [2.05, 4.69) is 15.6 Å². The van der Waals surface area contributed by atoms with Crippen molar-refractivity contribution in [3.63, 3.8) is 0 Å². The smallest absolute Gasteiger partial charge is 0.252 e. The SMILES string of the molecule is CC(C)NC(=O)CNC(=O)c1cc(Cl)nc2ccccc12. The summed E-state index contributed by atoms with van der Waals surface area (Å²) in [6, 6.07) is 8.75. The van der Waals surface area contributed by atoms with Gasteiger partial charge in [0, 0.05) is 11.4 Å². The van der Waals surface area contributed by atoms with E-state index >= 15 is 0 Å². The number of halogens is 1. The third-order valence-corrected chi connectivity index (χ3v) is 2.98. The third kappa shape index (κ3) is 3.92. The number of carbonyl (C=O) groups excluding carboxylic acids is 2. The number of pyridine rings is 1. The highest BCUT2D eigenvalue weighted by atomic mass is 35.5. The van der Waals surface area contributed by atoms with Crippen LogP contribution in [0.25, 0.3) is 10.9 Å². The summed E-state index contributed by atoms with van der Waals surface area (Å²) in [5.74, 6) is -0.586. The minimum atomic E-state index is -0.352. The molecule has 21 heavy (non-hydrogen) atoms. The minimum absolute atomic E-state index is 0.0330. The van der Waals surface area contributed by atoms with E-state index in [9.17, 15) is 9.59 Å². The van der Waals surface area contributed by atoms with Crippen molar-refractivity contribution in [3.8, 4) is 0 Å². The zero-order valence-corrected chi connectivity index (χ0v) is 12.6. The van der Waals surface area contributed by atoms with Gasteiger partial charge in [0.15, 0.2) is 0 Å². The summed E-state index contributed by atoms with van der Waals surface area (Å²) in [7, 11) is 0. The maximum absolute atomic E-state index is 12.2. The van der Waals surface area contributed by atoms with E-state index in [0.29, 0.717) is 16.5 Å². The molecule has 110 valence electrons. The summed E-state index contributed by atoms with van der Waals surface area (Å²) >= 11 is 5.93. The normalized spacial score (nSPS) is 10.7. The Bertz CT molecular complexity index is 686. The maximum Gasteiger partial charge on any atom is 0.252 e. The zero-order valence-electron chi connectivity index (χ0n) is 11.8. The molecule has 2 N–H and O–H groups in total. The lowest BCUT2D eigenvalue weighted by Gasteiger charge is -2.10. The Morgan fingerprint density at radius 3 is 2.71 bits per heavy atom. The first-order chi connectivity index (χ1) is 9.97. The van der Waals surface area contributed by atoms with Crippen LogP contribution < -0.4 is 10.6 Å². The lowest BCUT2D eigenvalue weighted by Crippen LogP contribution is -2.39. The molecule has 0 aliphatic rings. The molecule has 0 aliphatic heterocycles. The van der Waals surface area contributed by atoms with Crippen LogP contribution >= 0.6 is 11.6 Å². The van der Waals surface area contributed by atoms with Crippen molar-refractivity contribution in [2.45, 2.75) is 19.9 Å². The summed E-state index contributed by atoms with van der Waals surface area (Å²) in [6.45, 7) is 3.64. The summed E-state index contributed by atoms with van der Waals surface area (Å²) < 4.78 is 0. The molecule has 1 heterocycles. The number of fused-ring (bicyclic) bond motifs is 1. The van der Waals surface area contributed by atoms with E-state index < -0.39 is 0 Å². The number of carbonyl (C=O) groups is 2. The van der Waals surface area contributed by atoms with E-state index in [0.717, 1.165) is 0 Å². The number of nitrogens with zero attached hydrogens (tertiary/aromatic N) is 1. The summed E-state index contributed by atoms with van der Waals surface area (Å²) in [4.78, 5) is 27.9. The van der Waals surface area contributed by atoms with Crippen LogP contribution in [-0.2, 0) is 4.79 Å². The van der Waals surface area contributed by atoms with E-state index in [4.69, 9.17) is 11.6 Å². The van der Waals surface area contributed by atoms with Crippen LogP contribution in [0.3, 0.4) is 0 Å². The van der Waals surface area contributed by atoms with Crippen molar-refractivity contribution in [1.29, 1.82) is 0 Å². The number of amides is 2. The number of hydrogen-bond donors (Lipinski definition) is 2. The van der Waals surface area contributed by atoms with E-state index in [1.807, 2.05) is 26.0 Å². The van der Waals surface area contributed by atoms with Gasteiger partial charge in [0.1, 0.15) is 5.15 Å². The van der Waals surface area contributed by atoms with Gasteiger partial charge in [0.25, 0.3) is 5.91 Å². The minimum Gasteiger partial charge on any atom is -0.352 e. The van der Waals surface area contributed by atoms with Crippen molar-refractivity contribution < 1.29 is 9.59 Å². The van der Waals surface area contributed by atoms with Gasteiger partial charge in [0.05, 0.1) is 17.6 Å². The molecule has 0 saturated heterocycles. The highest BCUT2D eigenvalue weighted by Gasteiger charge is 2.13. The van der Waals surface area contributed by atoms with Crippen LogP contribution in [0.1, 0.15) is 24.2 Å². The van der Waals surface area contributed by atoms with E-state index in [1.165, 1.54) is 6.07 Å². The van der Waals surface area contributed by atoms with Gasteiger partial charge in [-0.05, 0) is 26.0 Å². The van der Waals surface area contributed by atoms with Gasteiger partial charge in [-0.2, -0.15) is 0 Å². The van der Waals surface area contributed by atoms with Crippen LogP contribution in [0.2, 0.25) is 5.15 Å². The molecule has 1 aromatic heterocycles. The fraction of sp³-hybridized carbons (Fsp3) is 0.267. The maximum atomic E-state index is 12.2. The van der Waals surface area contributed by atoms with Crippen molar-refractivity contribution >= 4 is 34.3 Å². The molecule has 2 aromatic rings. The summed E-state index contributed by atoms with van der Waals surface area (Å²) in [5.41, 5.74) is 1.05. The van der Waals surface area contributed by atoms with Crippen LogP contribution in [-0.4, -0.2) is 29.4 Å². The molecule has 0 spiro atoms. The van der Waals surface area contributed by atoms with Crippen molar-refractivity contribution in [3.05, 3.63) is 41.0 Å². The molecule has 0 saturated carbocycles. The Hall–Kier alpha value is -2.14. The van der Waals surface area contributed by atoms with Crippen molar-refractivity contribution in [1.82, 2.24) is 15.6 Å². The van der Waals surface area contributed by atoms with E-state index in [1.54, 1.807) is 12.1 Å². The molecule has 1 aromatic carbocycles. The van der Waals surface area contributed by atoms with Gasteiger partial charge >= 0.3 is 0 Å². The number of aromatic nitrogens is 1. The average molecular weight is 306 g/mol. The Morgan fingerprint density at radius 2 is 2.00 bits per heavy atom. The fourth-order valence-electron chi connectivity index (χ4n) is 1.96. The van der Waals surface area contributed by atoms with Crippen LogP contribution in [0.4, 0.5) is 0 Å². The molecule has 0 radical (unpaired) electrons. The molecule has 0 bridgehead atoms.